The van der Waals surface area contributed by atoms with E-state index in [4.69, 9.17) is 0 Å². The van der Waals surface area contributed by atoms with Crippen LogP contribution in [0, 0.1) is 5.82 Å². The number of pyridine rings is 1. The van der Waals surface area contributed by atoms with Gasteiger partial charge in [0, 0.05) is 43.3 Å². The van der Waals surface area contributed by atoms with E-state index in [0.29, 0.717) is 0 Å². The average molecular weight is 287 g/mol. The summed E-state index contributed by atoms with van der Waals surface area (Å²) in [5, 5.41) is 3.12. The molecule has 3 nitrogen and oxygen atoms in total. The van der Waals surface area contributed by atoms with Gasteiger partial charge in [0.25, 0.3) is 0 Å². The molecule has 112 valence electrons. The Morgan fingerprint density at radius 2 is 1.95 bits per heavy atom. The van der Waals surface area contributed by atoms with Crippen LogP contribution >= 0.6 is 0 Å². The van der Waals surface area contributed by atoms with Gasteiger partial charge in [-0.1, -0.05) is 6.07 Å². The number of benzene rings is 1. The largest absolute Gasteiger partial charge is 0.374 e. The molecule has 21 heavy (non-hydrogen) atoms. The van der Waals surface area contributed by atoms with Gasteiger partial charge in [0.1, 0.15) is 5.82 Å². The summed E-state index contributed by atoms with van der Waals surface area (Å²) in [6.07, 6.45) is 4.50. The van der Waals surface area contributed by atoms with Crippen LogP contribution in [0.5, 0.6) is 0 Å². The van der Waals surface area contributed by atoms with Crippen LogP contribution in [0.3, 0.4) is 0 Å². The van der Waals surface area contributed by atoms with Crippen molar-refractivity contribution in [2.24, 2.45) is 0 Å². The third-order valence-electron chi connectivity index (χ3n) is 3.79. The molecule has 1 unspecified atom stereocenters. The van der Waals surface area contributed by atoms with E-state index >= 15 is 0 Å². The Morgan fingerprint density at radius 1 is 1.24 bits per heavy atom. The molecule has 0 radical (unpaired) electrons. The molecule has 0 aliphatic heterocycles. The number of likely N-dealkylation sites (N-methyl/N-ethyl adjacent to an activating group) is 1. The maximum atomic E-state index is 14.1. The van der Waals surface area contributed by atoms with E-state index in [-0.39, 0.29) is 11.9 Å². The van der Waals surface area contributed by atoms with E-state index in [0.717, 1.165) is 24.2 Å². The Labute approximate surface area is 125 Å². The third kappa shape index (κ3) is 3.79. The Hall–Kier alpha value is -1.94. The molecule has 1 aromatic carbocycles. The lowest BCUT2D eigenvalue weighted by Crippen LogP contribution is -2.25. The minimum Gasteiger partial charge on any atom is -0.374 e. The van der Waals surface area contributed by atoms with Crippen molar-refractivity contribution in [2.75, 3.05) is 25.5 Å². The van der Waals surface area contributed by atoms with Gasteiger partial charge < -0.3 is 10.2 Å². The highest BCUT2D eigenvalue weighted by molar-refractivity contribution is 5.55. The van der Waals surface area contributed by atoms with Crippen LogP contribution in [0.2, 0.25) is 0 Å². The van der Waals surface area contributed by atoms with Crippen LogP contribution in [-0.2, 0) is 6.42 Å². The Balaban J connectivity index is 2.15. The first-order valence-corrected chi connectivity index (χ1v) is 7.19. The third-order valence-corrected chi connectivity index (χ3v) is 3.79. The monoisotopic (exact) mass is 287 g/mol. The summed E-state index contributed by atoms with van der Waals surface area (Å²) in [5.41, 5.74) is 2.89. The minimum atomic E-state index is -0.162. The molecule has 0 fully saturated rings. The lowest BCUT2D eigenvalue weighted by molar-refractivity contribution is 0.561. The number of rotatable bonds is 6. The van der Waals surface area contributed by atoms with E-state index in [1.807, 2.05) is 39.2 Å². The van der Waals surface area contributed by atoms with Gasteiger partial charge in [-0.15, -0.1) is 0 Å². The predicted molar refractivity (Wildman–Crippen MR) is 85.1 cm³/mol. The van der Waals surface area contributed by atoms with Crippen LogP contribution in [0.1, 0.15) is 24.1 Å². The highest BCUT2D eigenvalue weighted by atomic mass is 19.1. The summed E-state index contributed by atoms with van der Waals surface area (Å²) in [6, 6.07) is 9.25. The number of nitrogens with zero attached hydrogens (tertiary/aromatic N) is 2. The summed E-state index contributed by atoms with van der Waals surface area (Å²) >= 11 is 0. The number of anilines is 1. The first-order chi connectivity index (χ1) is 10.1. The maximum Gasteiger partial charge on any atom is 0.130 e. The molecule has 1 aromatic heterocycles. The molecule has 1 N–H and O–H groups in total. The van der Waals surface area contributed by atoms with Crippen LogP contribution in [0.15, 0.2) is 42.7 Å². The van der Waals surface area contributed by atoms with Gasteiger partial charge in [-0.2, -0.15) is 0 Å². The molecule has 1 heterocycles. The van der Waals surface area contributed by atoms with Crippen molar-refractivity contribution >= 4 is 5.69 Å². The minimum absolute atomic E-state index is 0.0235. The summed E-state index contributed by atoms with van der Waals surface area (Å²) in [6.45, 7) is 2.80. The summed E-state index contributed by atoms with van der Waals surface area (Å²) in [4.78, 5) is 6.12. The van der Waals surface area contributed by atoms with Gasteiger partial charge in [0.05, 0.1) is 0 Å². The van der Waals surface area contributed by atoms with Gasteiger partial charge >= 0.3 is 0 Å². The smallest absolute Gasteiger partial charge is 0.130 e. The summed E-state index contributed by atoms with van der Waals surface area (Å²) < 4.78 is 14.1. The first kappa shape index (κ1) is 15.4. The SMILES string of the molecule is CNC(C)c1c(F)cccc1N(C)CCc1ccncc1. The number of hydrogen-bond acceptors (Lipinski definition) is 3. The quantitative estimate of drug-likeness (QED) is 0.884. The highest BCUT2D eigenvalue weighted by Crippen LogP contribution is 2.28. The summed E-state index contributed by atoms with van der Waals surface area (Å²) in [5.74, 6) is -0.162. The second kappa shape index (κ2) is 7.18. The van der Waals surface area contributed by atoms with Crippen LogP contribution in [-0.4, -0.2) is 25.6 Å². The van der Waals surface area contributed by atoms with Crippen molar-refractivity contribution in [1.29, 1.82) is 0 Å². The van der Waals surface area contributed by atoms with Crippen LogP contribution in [0.4, 0.5) is 10.1 Å². The average Bonchev–Trinajstić information content (AvgIpc) is 2.52. The Kier molecular flexibility index (Phi) is 5.28. The number of aromatic nitrogens is 1. The van der Waals surface area contributed by atoms with E-state index in [9.17, 15) is 4.39 Å². The molecule has 0 bridgehead atoms. The molecule has 0 saturated heterocycles. The van der Waals surface area contributed by atoms with Crippen molar-refractivity contribution in [3.63, 3.8) is 0 Å². The lowest BCUT2D eigenvalue weighted by atomic mass is 10.0. The molecule has 0 amide bonds. The maximum absolute atomic E-state index is 14.1. The fourth-order valence-electron chi connectivity index (χ4n) is 2.40. The highest BCUT2D eigenvalue weighted by Gasteiger charge is 2.16. The fraction of sp³-hybridized carbons (Fsp3) is 0.353. The van der Waals surface area contributed by atoms with Gasteiger partial charge in [0.2, 0.25) is 0 Å². The van der Waals surface area contributed by atoms with E-state index in [2.05, 4.69) is 15.2 Å². The second-order valence-corrected chi connectivity index (χ2v) is 5.21. The topological polar surface area (TPSA) is 28.2 Å². The normalized spacial score (nSPS) is 12.2. The first-order valence-electron chi connectivity index (χ1n) is 7.19. The van der Waals surface area contributed by atoms with Gasteiger partial charge in [-0.25, -0.2) is 4.39 Å². The molecular weight excluding hydrogens is 265 g/mol. The van der Waals surface area contributed by atoms with Gasteiger partial charge in [-0.3, -0.25) is 4.98 Å². The lowest BCUT2D eigenvalue weighted by Gasteiger charge is -2.25. The molecular formula is C17H22FN3. The zero-order valence-corrected chi connectivity index (χ0v) is 12.8. The predicted octanol–water partition coefficient (Wildman–Crippen LogP) is 3.18. The van der Waals surface area contributed by atoms with Crippen molar-refractivity contribution in [3.05, 3.63) is 59.7 Å². The van der Waals surface area contributed by atoms with Crippen LogP contribution in [0.25, 0.3) is 0 Å². The van der Waals surface area contributed by atoms with Gasteiger partial charge in [0.15, 0.2) is 0 Å². The van der Waals surface area contributed by atoms with Crippen molar-refractivity contribution in [1.82, 2.24) is 10.3 Å². The number of nitrogens with one attached hydrogen (secondary N) is 1. The van der Waals surface area contributed by atoms with Crippen molar-refractivity contribution < 1.29 is 4.39 Å². The van der Waals surface area contributed by atoms with E-state index in [1.165, 1.54) is 11.6 Å². The van der Waals surface area contributed by atoms with Crippen molar-refractivity contribution in [2.45, 2.75) is 19.4 Å². The van der Waals surface area contributed by atoms with E-state index < -0.39 is 0 Å². The molecule has 2 rings (SSSR count). The molecule has 1 atom stereocenters. The van der Waals surface area contributed by atoms with E-state index in [1.54, 1.807) is 18.5 Å². The number of hydrogen-bond donors (Lipinski definition) is 1. The molecule has 0 aliphatic rings. The zero-order chi connectivity index (χ0) is 15.2. The van der Waals surface area contributed by atoms with Crippen molar-refractivity contribution in [3.8, 4) is 0 Å². The number of halogens is 1. The van der Waals surface area contributed by atoms with Crippen LogP contribution < -0.4 is 10.2 Å². The summed E-state index contributed by atoms with van der Waals surface area (Å²) in [7, 11) is 3.85. The molecule has 0 saturated carbocycles. The standard InChI is InChI=1S/C17H22FN3/c1-13(19-2)17-15(18)5-4-6-16(17)21(3)12-9-14-7-10-20-11-8-14/h4-8,10-11,13,19H,9,12H2,1-3H3. The molecule has 0 spiro atoms. The Bertz CT molecular complexity index is 572. The molecule has 4 heteroatoms. The second-order valence-electron chi connectivity index (χ2n) is 5.21. The Morgan fingerprint density at radius 3 is 2.62 bits per heavy atom. The molecule has 0 aliphatic carbocycles. The van der Waals surface area contributed by atoms with Gasteiger partial charge in [-0.05, 0) is 50.2 Å². The zero-order valence-electron chi connectivity index (χ0n) is 12.8. The molecule has 2 aromatic rings. The fourth-order valence-corrected chi connectivity index (χ4v) is 2.40.